The molecule has 202 valence electrons. The molecule has 0 atom stereocenters. The highest BCUT2D eigenvalue weighted by Gasteiger charge is 2.21. The zero-order valence-corrected chi connectivity index (χ0v) is 21.1. The summed E-state index contributed by atoms with van der Waals surface area (Å²) in [5.41, 5.74) is 3.40. The van der Waals surface area contributed by atoms with Crippen LogP contribution in [0.3, 0.4) is 0 Å². The molecule has 12 heteroatoms. The Balaban J connectivity index is 1.36. The second kappa shape index (κ2) is 12.6. The smallest absolute Gasteiger partial charge is 0.318 e. The van der Waals surface area contributed by atoms with E-state index in [-0.39, 0.29) is 11.5 Å². The second-order valence-corrected chi connectivity index (χ2v) is 8.18. The van der Waals surface area contributed by atoms with Crippen LogP contribution in [0.2, 0.25) is 0 Å². The molecule has 0 radical (unpaired) electrons. The van der Waals surface area contributed by atoms with E-state index in [0.29, 0.717) is 29.2 Å². The number of hydrogen-bond acceptors (Lipinski definition) is 9. The number of nitro benzene ring substituents is 2. The Morgan fingerprint density at radius 2 is 1.60 bits per heavy atom. The molecule has 0 aromatic heterocycles. The lowest BCUT2D eigenvalue weighted by Gasteiger charge is -2.12. The van der Waals surface area contributed by atoms with E-state index in [2.05, 4.69) is 10.5 Å². The molecule has 4 aromatic rings. The summed E-state index contributed by atoms with van der Waals surface area (Å²) in [6.45, 7) is 0.349. The summed E-state index contributed by atoms with van der Waals surface area (Å²) in [6, 6.07) is 23.9. The molecule has 40 heavy (non-hydrogen) atoms. The average Bonchev–Trinajstić information content (AvgIpc) is 2.97. The molecule has 0 heterocycles. The highest BCUT2D eigenvalue weighted by Crippen LogP contribution is 2.34. The van der Waals surface area contributed by atoms with Crippen LogP contribution < -0.4 is 19.6 Å². The monoisotopic (exact) mass is 542 g/mol. The van der Waals surface area contributed by atoms with Crippen LogP contribution in [-0.2, 0) is 6.61 Å². The fraction of sp³-hybridized carbons (Fsp3) is 0.0714. The predicted octanol–water partition coefficient (Wildman–Crippen LogP) is 5.65. The Morgan fingerprint density at radius 1 is 0.875 bits per heavy atom. The van der Waals surface area contributed by atoms with E-state index in [1.54, 1.807) is 30.3 Å². The van der Waals surface area contributed by atoms with Gasteiger partial charge in [0.25, 0.3) is 11.6 Å². The van der Waals surface area contributed by atoms with Gasteiger partial charge in [0.2, 0.25) is 5.75 Å². The number of benzene rings is 4. The third kappa shape index (κ3) is 6.95. The number of nitro groups is 2. The Hall–Kier alpha value is -5.78. The Bertz CT molecular complexity index is 1560. The van der Waals surface area contributed by atoms with Crippen molar-refractivity contribution >= 4 is 23.5 Å². The van der Waals surface area contributed by atoms with E-state index in [0.717, 1.165) is 23.8 Å². The van der Waals surface area contributed by atoms with Crippen LogP contribution in [0.1, 0.15) is 21.5 Å². The van der Waals surface area contributed by atoms with Gasteiger partial charge in [-0.05, 0) is 59.7 Å². The predicted molar refractivity (Wildman–Crippen MR) is 145 cm³/mol. The summed E-state index contributed by atoms with van der Waals surface area (Å²) in [4.78, 5) is 33.3. The third-order valence-corrected chi connectivity index (χ3v) is 5.50. The second-order valence-electron chi connectivity index (χ2n) is 8.18. The number of nitrogens with one attached hydrogen (secondary N) is 1. The number of rotatable bonds is 11. The zero-order chi connectivity index (χ0) is 28.5. The third-order valence-electron chi connectivity index (χ3n) is 5.50. The van der Waals surface area contributed by atoms with Gasteiger partial charge >= 0.3 is 5.69 Å². The number of hydrogen-bond donors (Lipinski definition) is 1. The molecule has 12 nitrogen and oxygen atoms in total. The molecule has 1 N–H and O–H groups in total. The van der Waals surface area contributed by atoms with Gasteiger partial charge in [0.1, 0.15) is 12.4 Å². The van der Waals surface area contributed by atoms with Crippen LogP contribution in [-0.4, -0.2) is 29.1 Å². The van der Waals surface area contributed by atoms with Gasteiger partial charge in [0, 0.05) is 11.6 Å². The number of nitrogens with zero attached hydrogens (tertiary/aromatic N) is 3. The van der Waals surface area contributed by atoms with Gasteiger partial charge < -0.3 is 14.2 Å². The van der Waals surface area contributed by atoms with Crippen LogP contribution in [0.4, 0.5) is 11.4 Å². The van der Waals surface area contributed by atoms with Gasteiger partial charge in [-0.2, -0.15) is 5.10 Å². The molecular formula is C28H22N4O8. The summed E-state index contributed by atoms with van der Waals surface area (Å²) >= 11 is 0. The van der Waals surface area contributed by atoms with Crippen molar-refractivity contribution in [2.75, 3.05) is 7.11 Å². The molecule has 4 aromatic carbocycles. The number of ether oxygens (including phenoxy) is 3. The van der Waals surface area contributed by atoms with Gasteiger partial charge in [0.15, 0.2) is 11.5 Å². The molecule has 0 bridgehead atoms. The topological polar surface area (TPSA) is 155 Å². The van der Waals surface area contributed by atoms with Crippen molar-refractivity contribution in [2.24, 2.45) is 5.10 Å². The van der Waals surface area contributed by atoms with E-state index in [9.17, 15) is 25.0 Å². The standard InChI is InChI=1S/C28H22N4O8/c1-38-27-15-21(9-13-26(27)39-18-20-5-3-2-4-6-20)28(33)30-29-17-19-7-11-23(12-8-19)40-25-14-10-22(31(34)35)16-24(25)32(36)37/h2-17H,18H2,1H3,(H,30,33)/b29-17+. The van der Waals surface area contributed by atoms with Crippen molar-refractivity contribution in [1.29, 1.82) is 0 Å². The quantitative estimate of drug-likeness (QED) is 0.145. The number of hydrazone groups is 1. The van der Waals surface area contributed by atoms with Crippen LogP contribution in [0.5, 0.6) is 23.0 Å². The summed E-state index contributed by atoms with van der Waals surface area (Å²) in [7, 11) is 1.48. The molecular weight excluding hydrogens is 520 g/mol. The Labute approximate surface area is 227 Å². The largest absolute Gasteiger partial charge is 0.493 e. The minimum atomic E-state index is -0.757. The molecule has 0 fully saturated rings. The Morgan fingerprint density at radius 3 is 2.27 bits per heavy atom. The van der Waals surface area contributed by atoms with E-state index in [1.165, 1.54) is 25.5 Å². The van der Waals surface area contributed by atoms with Gasteiger partial charge in [-0.3, -0.25) is 25.0 Å². The van der Waals surface area contributed by atoms with Gasteiger partial charge in [-0.25, -0.2) is 5.43 Å². The summed E-state index contributed by atoms with van der Waals surface area (Å²) in [6.07, 6.45) is 1.41. The normalized spacial score (nSPS) is 10.6. The van der Waals surface area contributed by atoms with Crippen molar-refractivity contribution < 1.29 is 28.9 Å². The Kier molecular flexibility index (Phi) is 8.62. The molecule has 0 aliphatic carbocycles. The maximum absolute atomic E-state index is 12.6. The van der Waals surface area contributed by atoms with E-state index in [1.807, 2.05) is 30.3 Å². The number of non-ortho nitro benzene ring substituents is 1. The number of carbonyl (C=O) groups excluding carboxylic acids is 1. The SMILES string of the molecule is COc1cc(C(=O)N/N=C/c2ccc(Oc3ccc([N+](=O)[O-])cc3[N+](=O)[O-])cc2)ccc1OCc1ccccc1. The maximum atomic E-state index is 12.6. The van der Waals surface area contributed by atoms with E-state index < -0.39 is 27.1 Å². The number of methoxy groups -OCH3 is 1. The minimum Gasteiger partial charge on any atom is -0.493 e. The molecule has 0 unspecified atom stereocenters. The highest BCUT2D eigenvalue weighted by atomic mass is 16.6. The lowest BCUT2D eigenvalue weighted by atomic mass is 10.2. The number of carbonyl (C=O) groups is 1. The first kappa shape index (κ1) is 27.3. The average molecular weight is 543 g/mol. The first-order valence-electron chi connectivity index (χ1n) is 11.7. The molecule has 4 rings (SSSR count). The van der Waals surface area contributed by atoms with Crippen molar-refractivity contribution in [3.8, 4) is 23.0 Å². The van der Waals surface area contributed by atoms with Crippen molar-refractivity contribution in [2.45, 2.75) is 6.61 Å². The molecule has 0 aliphatic rings. The lowest BCUT2D eigenvalue weighted by molar-refractivity contribution is -0.394. The fourth-order valence-corrected chi connectivity index (χ4v) is 3.49. The van der Waals surface area contributed by atoms with Crippen LogP contribution in [0, 0.1) is 20.2 Å². The maximum Gasteiger partial charge on any atom is 0.318 e. The first-order chi connectivity index (χ1) is 19.3. The van der Waals surface area contributed by atoms with Crippen molar-refractivity contribution in [3.63, 3.8) is 0 Å². The molecule has 0 saturated carbocycles. The minimum absolute atomic E-state index is 0.142. The fourth-order valence-electron chi connectivity index (χ4n) is 3.49. The van der Waals surface area contributed by atoms with E-state index >= 15 is 0 Å². The summed E-state index contributed by atoms with van der Waals surface area (Å²) in [5, 5.41) is 26.1. The van der Waals surface area contributed by atoms with Crippen molar-refractivity contribution in [3.05, 3.63) is 128 Å². The highest BCUT2D eigenvalue weighted by molar-refractivity contribution is 5.95. The summed E-state index contributed by atoms with van der Waals surface area (Å²) < 4.78 is 16.7. The first-order valence-corrected chi connectivity index (χ1v) is 11.7. The number of amides is 1. The van der Waals surface area contributed by atoms with Crippen LogP contribution in [0.15, 0.2) is 96.1 Å². The van der Waals surface area contributed by atoms with Crippen molar-refractivity contribution in [1.82, 2.24) is 5.43 Å². The summed E-state index contributed by atoms with van der Waals surface area (Å²) in [5.74, 6) is 0.551. The van der Waals surface area contributed by atoms with E-state index in [4.69, 9.17) is 14.2 Å². The molecule has 0 spiro atoms. The molecule has 1 amide bonds. The zero-order valence-electron chi connectivity index (χ0n) is 21.1. The van der Waals surface area contributed by atoms with Gasteiger partial charge in [-0.1, -0.05) is 30.3 Å². The molecule has 0 aliphatic heterocycles. The van der Waals surface area contributed by atoms with Crippen LogP contribution >= 0.6 is 0 Å². The molecule has 0 saturated heterocycles. The van der Waals surface area contributed by atoms with Crippen LogP contribution in [0.25, 0.3) is 0 Å². The lowest BCUT2D eigenvalue weighted by Crippen LogP contribution is -2.17. The van der Waals surface area contributed by atoms with Gasteiger partial charge in [0.05, 0.1) is 29.2 Å². The van der Waals surface area contributed by atoms with Gasteiger partial charge in [-0.15, -0.1) is 0 Å².